The second-order valence-corrected chi connectivity index (χ2v) is 12.0. The third-order valence-electron chi connectivity index (χ3n) is 7.81. The molecule has 2 aromatic heterocycles. The highest BCUT2D eigenvalue weighted by atomic mass is 32.1. The van der Waals surface area contributed by atoms with Gasteiger partial charge in [-0.15, -0.1) is 11.3 Å². The number of nitrogens with zero attached hydrogens (tertiary/aromatic N) is 1. The number of nitrogens with one attached hydrogen (secondary N) is 3. The molecule has 5 aromatic rings. The number of hydrogen-bond donors (Lipinski definition) is 3. The van der Waals surface area contributed by atoms with Gasteiger partial charge in [0.1, 0.15) is 16.9 Å². The molecule has 6 rings (SSSR count). The van der Waals surface area contributed by atoms with Gasteiger partial charge in [0.15, 0.2) is 11.6 Å². The molecule has 1 saturated carbocycles. The molecule has 0 radical (unpaired) electrons. The smallest absolute Gasteiger partial charge is 0.240 e. The summed E-state index contributed by atoms with van der Waals surface area (Å²) in [4.78, 5) is 31.7. The molecule has 3 N–H and O–H groups in total. The molecule has 1 aliphatic carbocycles. The predicted octanol–water partition coefficient (Wildman–Crippen LogP) is 7.00. The molecule has 0 atom stereocenters. The van der Waals surface area contributed by atoms with E-state index in [1.54, 1.807) is 49.7 Å². The Bertz CT molecular complexity index is 1870. The summed E-state index contributed by atoms with van der Waals surface area (Å²) in [6.07, 6.45) is 2.40. The number of carbonyl (C=O) groups excluding carboxylic acids is 2. The number of amides is 2. The third kappa shape index (κ3) is 6.71. The molecule has 236 valence electrons. The zero-order valence-corrected chi connectivity index (χ0v) is 26.2. The molecule has 0 unspecified atom stereocenters. The third-order valence-corrected chi connectivity index (χ3v) is 9.00. The fraction of sp³-hybridized carbons (Fsp3) is 0.229. The van der Waals surface area contributed by atoms with E-state index in [2.05, 4.69) is 45.2 Å². The van der Waals surface area contributed by atoms with Gasteiger partial charge in [-0.05, 0) is 54.3 Å². The predicted molar refractivity (Wildman–Crippen MR) is 177 cm³/mol. The lowest BCUT2D eigenvalue weighted by Crippen LogP contribution is -2.35. The van der Waals surface area contributed by atoms with Crippen LogP contribution in [-0.4, -0.2) is 44.2 Å². The highest BCUT2D eigenvalue weighted by Crippen LogP contribution is 2.48. The molecule has 1 aliphatic rings. The second-order valence-electron chi connectivity index (χ2n) is 10.9. The summed E-state index contributed by atoms with van der Waals surface area (Å²) >= 11 is 1.51. The van der Waals surface area contributed by atoms with Crippen molar-refractivity contribution in [2.45, 2.75) is 19.4 Å². The van der Waals surface area contributed by atoms with Crippen molar-refractivity contribution in [2.75, 3.05) is 38.0 Å². The van der Waals surface area contributed by atoms with Crippen molar-refractivity contribution >= 4 is 44.7 Å². The second kappa shape index (κ2) is 13.7. The number of thiophene rings is 1. The quantitative estimate of drug-likeness (QED) is 0.0939. The summed E-state index contributed by atoms with van der Waals surface area (Å²) in [6.45, 7) is 2.20. The van der Waals surface area contributed by atoms with Crippen molar-refractivity contribution in [3.8, 4) is 27.7 Å². The highest BCUT2D eigenvalue weighted by Gasteiger charge is 2.56. The lowest BCUT2D eigenvalue weighted by Gasteiger charge is -2.17. The van der Waals surface area contributed by atoms with Crippen LogP contribution in [0.2, 0.25) is 0 Å². The van der Waals surface area contributed by atoms with E-state index >= 15 is 4.39 Å². The van der Waals surface area contributed by atoms with Gasteiger partial charge in [0.2, 0.25) is 11.8 Å². The van der Waals surface area contributed by atoms with Crippen LogP contribution >= 0.6 is 11.3 Å². The van der Waals surface area contributed by atoms with Crippen molar-refractivity contribution in [3.63, 3.8) is 0 Å². The van der Waals surface area contributed by atoms with Gasteiger partial charge in [-0.3, -0.25) is 14.6 Å². The Kier molecular flexibility index (Phi) is 9.25. The summed E-state index contributed by atoms with van der Waals surface area (Å²) in [5.41, 5.74) is 2.43. The van der Waals surface area contributed by atoms with E-state index in [0.29, 0.717) is 36.6 Å². The Morgan fingerprint density at radius 2 is 1.70 bits per heavy atom. The van der Waals surface area contributed by atoms with Crippen LogP contribution < -0.4 is 25.4 Å². The fourth-order valence-electron chi connectivity index (χ4n) is 5.03. The molecule has 2 amide bonds. The van der Waals surface area contributed by atoms with Crippen molar-refractivity contribution in [1.29, 1.82) is 0 Å². The number of ether oxygens (including phenoxy) is 3. The first-order valence-corrected chi connectivity index (χ1v) is 15.6. The molecule has 3 aromatic carbocycles. The summed E-state index contributed by atoms with van der Waals surface area (Å²) in [5.74, 6) is -0.617. The normalized spacial score (nSPS) is 13.3. The van der Waals surface area contributed by atoms with Crippen LogP contribution in [0.1, 0.15) is 18.4 Å². The van der Waals surface area contributed by atoms with Crippen LogP contribution in [0, 0.1) is 11.2 Å². The number of pyridine rings is 1. The maximum Gasteiger partial charge on any atom is 0.240 e. The average molecular weight is 641 g/mol. The average Bonchev–Trinajstić information content (AvgIpc) is 3.77. The molecule has 9 nitrogen and oxygen atoms in total. The Balaban J connectivity index is 1.12. The number of anilines is 2. The van der Waals surface area contributed by atoms with Gasteiger partial charge >= 0.3 is 0 Å². The van der Waals surface area contributed by atoms with E-state index < -0.39 is 23.0 Å². The molecular formula is C35H33FN4O5S. The fourth-order valence-corrected chi connectivity index (χ4v) is 6.10. The van der Waals surface area contributed by atoms with Crippen LogP contribution in [-0.2, 0) is 20.9 Å². The number of para-hydroxylation sites is 2. The van der Waals surface area contributed by atoms with Crippen LogP contribution in [0.3, 0.4) is 0 Å². The number of rotatable bonds is 13. The maximum atomic E-state index is 15.3. The first-order chi connectivity index (χ1) is 22.4. The summed E-state index contributed by atoms with van der Waals surface area (Å²) in [7, 11) is 3.19. The summed E-state index contributed by atoms with van der Waals surface area (Å²) < 4.78 is 32.4. The van der Waals surface area contributed by atoms with E-state index in [-0.39, 0.29) is 11.4 Å². The molecule has 0 spiro atoms. The van der Waals surface area contributed by atoms with Gasteiger partial charge in [0, 0.05) is 49.1 Å². The topological polar surface area (TPSA) is 111 Å². The van der Waals surface area contributed by atoms with Crippen molar-refractivity contribution in [3.05, 3.63) is 96.4 Å². The molecule has 0 bridgehead atoms. The molecule has 11 heteroatoms. The van der Waals surface area contributed by atoms with E-state index in [1.807, 2.05) is 6.07 Å². The van der Waals surface area contributed by atoms with E-state index in [0.717, 1.165) is 33.7 Å². The lowest BCUT2D eigenvalue weighted by atomic mass is 10.0. The first kappa shape index (κ1) is 31.2. The number of benzene rings is 3. The molecular weight excluding hydrogens is 607 g/mol. The maximum absolute atomic E-state index is 15.3. The van der Waals surface area contributed by atoms with Crippen LogP contribution in [0.25, 0.3) is 20.7 Å². The zero-order valence-electron chi connectivity index (χ0n) is 25.4. The van der Waals surface area contributed by atoms with E-state index in [1.165, 1.54) is 36.1 Å². The number of aromatic nitrogens is 1. The highest BCUT2D eigenvalue weighted by molar-refractivity contribution is 7.22. The monoisotopic (exact) mass is 640 g/mol. The standard InChI is InChI=1S/C35H33FN4O5S/c1-43-18-17-37-21-22-7-9-23(10-8-22)31-20-27-32(46-31)30(13-16-38-27)45-28-12-11-24(19-25(28)36)39-33(41)35(14-15-35)34(42)40-26-5-3-4-6-29(26)44-2/h3-13,16,19-20,37H,14-15,17-18,21H2,1-2H3,(H,39,41)(H,40,42). The van der Waals surface area contributed by atoms with E-state index in [9.17, 15) is 9.59 Å². The SMILES string of the molecule is COCCNCc1ccc(-c2cc3nccc(Oc4ccc(NC(=O)C5(C(=O)Nc6ccccc6OC)CC5)cc4F)c3s2)cc1. The minimum Gasteiger partial charge on any atom is -0.495 e. The summed E-state index contributed by atoms with van der Waals surface area (Å²) in [6, 6.07) is 23.2. The minimum atomic E-state index is -1.23. The Morgan fingerprint density at radius 3 is 2.43 bits per heavy atom. The van der Waals surface area contributed by atoms with Gasteiger partial charge in [0.05, 0.1) is 29.6 Å². The molecule has 46 heavy (non-hydrogen) atoms. The number of fused-ring (bicyclic) bond motifs is 1. The molecule has 0 saturated heterocycles. The van der Waals surface area contributed by atoms with Gasteiger partial charge in [-0.1, -0.05) is 36.4 Å². The van der Waals surface area contributed by atoms with Crippen molar-refractivity contribution in [1.82, 2.24) is 10.3 Å². The number of carbonyl (C=O) groups is 2. The van der Waals surface area contributed by atoms with Gasteiger partial charge < -0.3 is 30.2 Å². The Hall–Kier alpha value is -4.84. The molecule has 2 heterocycles. The van der Waals surface area contributed by atoms with Crippen molar-refractivity contribution in [2.24, 2.45) is 5.41 Å². The largest absolute Gasteiger partial charge is 0.495 e. The van der Waals surface area contributed by atoms with Crippen LogP contribution in [0.15, 0.2) is 85.1 Å². The van der Waals surface area contributed by atoms with Crippen LogP contribution in [0.5, 0.6) is 17.2 Å². The number of methoxy groups -OCH3 is 2. The molecule has 1 fully saturated rings. The minimum absolute atomic E-state index is 0.000765. The van der Waals surface area contributed by atoms with Crippen LogP contribution in [0.4, 0.5) is 15.8 Å². The Labute approximate surface area is 269 Å². The summed E-state index contributed by atoms with van der Waals surface area (Å²) in [5, 5.41) is 8.83. The van der Waals surface area contributed by atoms with Crippen molar-refractivity contribution < 1.29 is 28.2 Å². The van der Waals surface area contributed by atoms with Gasteiger partial charge in [-0.25, -0.2) is 4.39 Å². The Morgan fingerprint density at radius 1 is 0.913 bits per heavy atom. The zero-order chi connectivity index (χ0) is 32.1. The first-order valence-electron chi connectivity index (χ1n) is 14.8. The lowest BCUT2D eigenvalue weighted by molar-refractivity contribution is -0.131. The number of hydrogen-bond acceptors (Lipinski definition) is 8. The van der Waals surface area contributed by atoms with Gasteiger partial charge in [-0.2, -0.15) is 0 Å². The van der Waals surface area contributed by atoms with Gasteiger partial charge in [0.25, 0.3) is 0 Å². The molecule has 0 aliphatic heterocycles. The number of halogens is 1. The van der Waals surface area contributed by atoms with E-state index in [4.69, 9.17) is 14.2 Å².